The first-order valence-corrected chi connectivity index (χ1v) is 12.7. The molecule has 2 atom stereocenters. The number of carboxylic acid groups (broad SMARTS) is 1. The molecule has 0 heterocycles. The van der Waals surface area contributed by atoms with Gasteiger partial charge in [0.05, 0.1) is 4.92 Å². The fourth-order valence-corrected chi connectivity index (χ4v) is 3.53. The largest absolute Gasteiger partial charge is 0.514 e. The van der Waals surface area contributed by atoms with Crippen LogP contribution in [0.5, 0.6) is 5.75 Å². The number of nitrogens with zero attached hydrogens (tertiary/aromatic N) is 1. The minimum Gasteiger partial charge on any atom is -0.465 e. The van der Waals surface area contributed by atoms with E-state index in [-0.39, 0.29) is 37.4 Å². The van der Waals surface area contributed by atoms with Crippen molar-refractivity contribution < 1.29 is 43.5 Å². The average Bonchev–Trinajstić information content (AvgIpc) is 2.92. The summed E-state index contributed by atoms with van der Waals surface area (Å²) in [6.07, 6.45) is -2.02. The molecule has 0 saturated heterocycles. The SMILES string of the molecule is CC(C)C(NC(=O)O)C(=O)NC(CCCNC(N)=O)C(=O)Nc1ccc(COC(=O)Oc2ccc([N+](=O)[O-])cc2)cc1. The van der Waals surface area contributed by atoms with Crippen LogP contribution in [0.1, 0.15) is 32.3 Å². The van der Waals surface area contributed by atoms with E-state index in [2.05, 4.69) is 21.3 Å². The molecule has 226 valence electrons. The molecular formula is C26H32N6O10. The van der Waals surface area contributed by atoms with Crippen molar-refractivity contribution in [3.05, 3.63) is 64.2 Å². The van der Waals surface area contributed by atoms with E-state index >= 15 is 0 Å². The van der Waals surface area contributed by atoms with Crippen LogP contribution in [-0.2, 0) is 20.9 Å². The summed E-state index contributed by atoms with van der Waals surface area (Å²) < 4.78 is 10.0. The molecule has 0 fully saturated rings. The molecule has 0 aliphatic rings. The summed E-state index contributed by atoms with van der Waals surface area (Å²) >= 11 is 0. The predicted molar refractivity (Wildman–Crippen MR) is 148 cm³/mol. The van der Waals surface area contributed by atoms with E-state index in [0.29, 0.717) is 11.3 Å². The lowest BCUT2D eigenvalue weighted by Crippen LogP contribution is -2.54. The first-order chi connectivity index (χ1) is 19.8. The molecule has 16 heteroatoms. The Morgan fingerprint density at radius 1 is 0.976 bits per heavy atom. The van der Waals surface area contributed by atoms with Gasteiger partial charge in [-0.3, -0.25) is 19.7 Å². The van der Waals surface area contributed by atoms with Crippen LogP contribution in [0.4, 0.5) is 25.8 Å². The maximum atomic E-state index is 13.0. The Bertz CT molecular complexity index is 1270. The predicted octanol–water partition coefficient (Wildman–Crippen LogP) is 2.47. The number of nitro benzene ring substituents is 1. The summed E-state index contributed by atoms with van der Waals surface area (Å²) in [4.78, 5) is 69.9. The fraction of sp³-hybridized carbons (Fsp3) is 0.346. The van der Waals surface area contributed by atoms with Crippen molar-refractivity contribution in [2.24, 2.45) is 11.7 Å². The second-order valence-electron chi connectivity index (χ2n) is 9.24. The second-order valence-corrected chi connectivity index (χ2v) is 9.24. The Balaban J connectivity index is 1.97. The van der Waals surface area contributed by atoms with E-state index in [1.165, 1.54) is 36.4 Å². The van der Waals surface area contributed by atoms with Crippen LogP contribution >= 0.6 is 0 Å². The number of ether oxygens (including phenoxy) is 2. The number of nitrogens with two attached hydrogens (primary N) is 1. The second kappa shape index (κ2) is 16.0. The van der Waals surface area contributed by atoms with Gasteiger partial charge in [-0.05, 0) is 48.6 Å². The smallest absolute Gasteiger partial charge is 0.465 e. The number of hydrogen-bond acceptors (Lipinski definition) is 9. The molecule has 2 aromatic carbocycles. The van der Waals surface area contributed by atoms with E-state index in [4.69, 9.17) is 20.3 Å². The third kappa shape index (κ3) is 11.4. The van der Waals surface area contributed by atoms with E-state index in [1.54, 1.807) is 26.0 Å². The van der Waals surface area contributed by atoms with E-state index < -0.39 is 53.0 Å². The average molecular weight is 589 g/mol. The molecule has 2 aromatic rings. The first kappa shape index (κ1) is 32.8. The molecule has 0 saturated carbocycles. The molecule has 0 bridgehead atoms. The van der Waals surface area contributed by atoms with Gasteiger partial charge in [-0.1, -0.05) is 26.0 Å². The van der Waals surface area contributed by atoms with Crippen LogP contribution in [0.25, 0.3) is 0 Å². The number of nitrogens with one attached hydrogen (secondary N) is 4. The maximum absolute atomic E-state index is 13.0. The van der Waals surface area contributed by atoms with E-state index in [1.807, 2.05) is 0 Å². The van der Waals surface area contributed by atoms with Gasteiger partial charge in [0.25, 0.3) is 5.69 Å². The Labute approximate surface area is 240 Å². The monoisotopic (exact) mass is 588 g/mol. The molecule has 0 aromatic heterocycles. The first-order valence-electron chi connectivity index (χ1n) is 12.7. The van der Waals surface area contributed by atoms with Gasteiger partial charge in [-0.2, -0.15) is 0 Å². The van der Waals surface area contributed by atoms with E-state index in [9.17, 15) is 34.1 Å². The Morgan fingerprint density at radius 3 is 2.17 bits per heavy atom. The molecule has 7 N–H and O–H groups in total. The summed E-state index contributed by atoms with van der Waals surface area (Å²) in [7, 11) is 0. The number of primary amides is 1. The summed E-state index contributed by atoms with van der Waals surface area (Å²) in [5.41, 5.74) is 5.80. The molecule has 5 amide bonds. The lowest BCUT2D eigenvalue weighted by Gasteiger charge is -2.24. The van der Waals surface area contributed by atoms with Crippen molar-refractivity contribution in [1.82, 2.24) is 16.0 Å². The Hall–Kier alpha value is -5.41. The lowest BCUT2D eigenvalue weighted by molar-refractivity contribution is -0.384. The van der Waals surface area contributed by atoms with Gasteiger partial charge in [0.2, 0.25) is 11.8 Å². The normalized spacial score (nSPS) is 11.9. The number of nitro groups is 1. The van der Waals surface area contributed by atoms with Crippen molar-refractivity contribution >= 4 is 41.5 Å². The van der Waals surface area contributed by atoms with Crippen molar-refractivity contribution in [1.29, 1.82) is 0 Å². The third-order valence-electron chi connectivity index (χ3n) is 5.66. The van der Waals surface area contributed by atoms with Gasteiger partial charge in [-0.15, -0.1) is 0 Å². The van der Waals surface area contributed by atoms with Crippen LogP contribution in [-0.4, -0.2) is 58.8 Å². The number of anilines is 1. The Morgan fingerprint density at radius 2 is 1.62 bits per heavy atom. The Kier molecular flexibility index (Phi) is 12.5. The summed E-state index contributed by atoms with van der Waals surface area (Å²) in [5, 5.41) is 29.5. The minimum atomic E-state index is -1.39. The number of hydrogen-bond donors (Lipinski definition) is 6. The van der Waals surface area contributed by atoms with Crippen LogP contribution in [0.3, 0.4) is 0 Å². The highest BCUT2D eigenvalue weighted by Gasteiger charge is 2.28. The highest BCUT2D eigenvalue weighted by molar-refractivity contribution is 5.98. The zero-order valence-corrected chi connectivity index (χ0v) is 22.8. The van der Waals surface area contributed by atoms with Crippen LogP contribution in [0, 0.1) is 16.0 Å². The summed E-state index contributed by atoms with van der Waals surface area (Å²) in [5.74, 6) is -1.61. The van der Waals surface area contributed by atoms with Crippen LogP contribution in [0.15, 0.2) is 48.5 Å². The van der Waals surface area contributed by atoms with Gasteiger partial charge in [0, 0.05) is 24.4 Å². The van der Waals surface area contributed by atoms with E-state index in [0.717, 1.165) is 0 Å². The summed E-state index contributed by atoms with van der Waals surface area (Å²) in [6.45, 7) is 3.27. The number of rotatable bonds is 14. The fourth-order valence-electron chi connectivity index (χ4n) is 3.53. The van der Waals surface area contributed by atoms with Gasteiger partial charge >= 0.3 is 18.3 Å². The minimum absolute atomic E-state index is 0.0640. The molecule has 16 nitrogen and oxygen atoms in total. The molecule has 0 aliphatic heterocycles. The standard InChI is InChI=1S/C26H32N6O10/c1-15(2)21(31-25(36)37)23(34)30-20(4-3-13-28-24(27)35)22(33)29-17-7-5-16(6-8-17)14-41-26(38)42-19-11-9-18(10-12-19)32(39)40/h5-12,15,20-21,31H,3-4,13-14H2,1-2H3,(H,29,33)(H,30,34)(H,36,37)(H3,27,28,35). The highest BCUT2D eigenvalue weighted by Crippen LogP contribution is 2.18. The molecule has 42 heavy (non-hydrogen) atoms. The number of carbonyl (C=O) groups excluding carboxylic acids is 4. The molecule has 0 radical (unpaired) electrons. The number of carbonyl (C=O) groups is 5. The zero-order valence-electron chi connectivity index (χ0n) is 22.8. The number of benzene rings is 2. The molecule has 0 spiro atoms. The van der Waals surface area contributed by atoms with Gasteiger partial charge < -0.3 is 41.6 Å². The molecule has 0 aliphatic carbocycles. The van der Waals surface area contributed by atoms with Crippen molar-refractivity contribution in [2.75, 3.05) is 11.9 Å². The maximum Gasteiger partial charge on any atom is 0.514 e. The molecular weight excluding hydrogens is 556 g/mol. The number of non-ortho nitro benzene ring substituents is 1. The van der Waals surface area contributed by atoms with Gasteiger partial charge in [-0.25, -0.2) is 14.4 Å². The third-order valence-corrected chi connectivity index (χ3v) is 5.66. The van der Waals surface area contributed by atoms with Crippen molar-refractivity contribution in [2.45, 2.75) is 45.4 Å². The van der Waals surface area contributed by atoms with Gasteiger partial charge in [0.15, 0.2) is 0 Å². The number of urea groups is 1. The summed E-state index contributed by atoms with van der Waals surface area (Å²) in [6, 6.07) is 8.18. The van der Waals surface area contributed by atoms with Crippen LogP contribution < -0.4 is 31.7 Å². The quantitative estimate of drug-likeness (QED) is 0.0619. The lowest BCUT2D eigenvalue weighted by atomic mass is 10.0. The van der Waals surface area contributed by atoms with Crippen molar-refractivity contribution in [3.8, 4) is 5.75 Å². The van der Waals surface area contributed by atoms with Crippen LogP contribution in [0.2, 0.25) is 0 Å². The topological polar surface area (TPSA) is 241 Å². The zero-order chi connectivity index (χ0) is 31.2. The highest BCUT2D eigenvalue weighted by atomic mass is 16.7. The van der Waals surface area contributed by atoms with Gasteiger partial charge in [0.1, 0.15) is 24.4 Å². The molecule has 2 rings (SSSR count). The van der Waals surface area contributed by atoms with Crippen molar-refractivity contribution in [3.63, 3.8) is 0 Å². The molecule has 2 unspecified atom stereocenters. The number of amides is 5.